The van der Waals surface area contributed by atoms with Gasteiger partial charge in [-0.25, -0.2) is 9.69 Å². The molecule has 1 saturated heterocycles. The van der Waals surface area contributed by atoms with Crippen LogP contribution in [0.15, 0.2) is 48.5 Å². The van der Waals surface area contributed by atoms with Gasteiger partial charge in [0.1, 0.15) is 0 Å². The number of carbonyl (C=O) groups is 3. The zero-order chi connectivity index (χ0) is 23.7. The van der Waals surface area contributed by atoms with E-state index in [0.717, 1.165) is 4.90 Å². The molecule has 2 fully saturated rings. The summed E-state index contributed by atoms with van der Waals surface area (Å²) in [5.74, 6) is -1.10. The molecule has 2 aromatic rings. The van der Waals surface area contributed by atoms with Gasteiger partial charge in [-0.05, 0) is 61.4 Å². The summed E-state index contributed by atoms with van der Waals surface area (Å²) < 4.78 is 11.2. The first-order valence-electron chi connectivity index (χ1n) is 10.6. The number of rotatable bonds is 6. The molecule has 1 heterocycles. The van der Waals surface area contributed by atoms with E-state index in [0.29, 0.717) is 34.1 Å². The number of ketones is 1. The number of fused-ring (bicyclic) bond motifs is 1. The Hall–Kier alpha value is -2.45. The van der Waals surface area contributed by atoms with Crippen LogP contribution in [-0.4, -0.2) is 61.6 Å². The summed E-state index contributed by atoms with van der Waals surface area (Å²) in [7, 11) is 3.15. The van der Waals surface area contributed by atoms with Crippen molar-refractivity contribution in [3.8, 4) is 0 Å². The number of hydrogen-bond acceptors (Lipinski definition) is 5. The van der Waals surface area contributed by atoms with Crippen LogP contribution in [0.3, 0.4) is 0 Å². The average Bonchev–Trinajstić information content (AvgIpc) is 2.82. The number of anilines is 1. The van der Waals surface area contributed by atoms with E-state index in [4.69, 9.17) is 32.7 Å². The molecule has 0 bridgehead atoms. The first kappa shape index (κ1) is 23.7. The van der Waals surface area contributed by atoms with Crippen molar-refractivity contribution in [1.82, 2.24) is 4.90 Å². The molecule has 4 unspecified atom stereocenters. The third-order valence-electron chi connectivity index (χ3n) is 6.38. The Labute approximate surface area is 202 Å². The van der Waals surface area contributed by atoms with Gasteiger partial charge in [0.25, 0.3) is 0 Å². The number of imide groups is 1. The average molecular weight is 491 g/mol. The molecule has 174 valence electrons. The van der Waals surface area contributed by atoms with E-state index < -0.39 is 18.0 Å². The molecule has 9 heteroatoms. The Balaban J connectivity index is 1.70. The lowest BCUT2D eigenvalue weighted by atomic mass is 9.77. The maximum Gasteiger partial charge on any atom is 0.332 e. The topological polar surface area (TPSA) is 76.2 Å². The Kier molecular flexibility index (Phi) is 7.05. The molecule has 2 aromatic carbocycles. The predicted octanol–water partition coefficient (Wildman–Crippen LogP) is 4.45. The van der Waals surface area contributed by atoms with Crippen LogP contribution in [0, 0.1) is 5.92 Å². The number of hydrogen-bond donors (Lipinski definition) is 0. The lowest BCUT2D eigenvalue weighted by Crippen LogP contribution is -2.66. The van der Waals surface area contributed by atoms with Crippen molar-refractivity contribution in [3.63, 3.8) is 0 Å². The maximum absolute atomic E-state index is 13.6. The summed E-state index contributed by atoms with van der Waals surface area (Å²) in [6, 6.07) is 11.9. The fourth-order valence-corrected chi connectivity index (χ4v) is 4.90. The molecular weight excluding hydrogens is 467 g/mol. The minimum Gasteiger partial charge on any atom is -0.379 e. The Morgan fingerprint density at radius 1 is 0.909 bits per heavy atom. The SMILES string of the molecule is COC1CC2C(=O)N(c3ccc(Cl)cc3)C(=O)N(CC(=O)c3ccc(Cl)cc3)C2CC1OC. The van der Waals surface area contributed by atoms with Gasteiger partial charge >= 0.3 is 6.03 Å². The van der Waals surface area contributed by atoms with Crippen molar-refractivity contribution in [3.05, 3.63) is 64.1 Å². The van der Waals surface area contributed by atoms with Gasteiger partial charge in [-0.3, -0.25) is 9.59 Å². The van der Waals surface area contributed by atoms with Gasteiger partial charge < -0.3 is 14.4 Å². The molecule has 1 aliphatic carbocycles. The smallest absolute Gasteiger partial charge is 0.332 e. The lowest BCUT2D eigenvalue weighted by Gasteiger charge is -2.49. The largest absolute Gasteiger partial charge is 0.379 e. The van der Waals surface area contributed by atoms with Crippen LogP contribution in [-0.2, 0) is 14.3 Å². The second kappa shape index (κ2) is 9.81. The summed E-state index contributed by atoms with van der Waals surface area (Å²) in [6.07, 6.45) is 0.169. The fraction of sp³-hybridized carbons (Fsp3) is 0.375. The van der Waals surface area contributed by atoms with Crippen LogP contribution in [0.25, 0.3) is 0 Å². The van der Waals surface area contributed by atoms with Gasteiger partial charge in [0.2, 0.25) is 5.91 Å². The highest BCUT2D eigenvalue weighted by Gasteiger charge is 2.52. The van der Waals surface area contributed by atoms with Gasteiger partial charge in [-0.15, -0.1) is 0 Å². The van der Waals surface area contributed by atoms with E-state index >= 15 is 0 Å². The highest BCUT2D eigenvalue weighted by Crippen LogP contribution is 2.38. The predicted molar refractivity (Wildman–Crippen MR) is 125 cm³/mol. The Morgan fingerprint density at radius 3 is 2.03 bits per heavy atom. The zero-order valence-electron chi connectivity index (χ0n) is 18.2. The molecule has 1 aliphatic heterocycles. The van der Waals surface area contributed by atoms with E-state index in [2.05, 4.69) is 0 Å². The van der Waals surface area contributed by atoms with E-state index in [1.54, 1.807) is 62.8 Å². The van der Waals surface area contributed by atoms with Crippen LogP contribution < -0.4 is 4.90 Å². The zero-order valence-corrected chi connectivity index (χ0v) is 19.8. The van der Waals surface area contributed by atoms with Crippen LogP contribution in [0.4, 0.5) is 10.5 Å². The number of methoxy groups -OCH3 is 2. The number of urea groups is 1. The van der Waals surface area contributed by atoms with Crippen molar-refractivity contribution in [2.24, 2.45) is 5.92 Å². The summed E-state index contributed by atoms with van der Waals surface area (Å²) in [5.41, 5.74) is 0.840. The lowest BCUT2D eigenvalue weighted by molar-refractivity contribution is -0.137. The first-order valence-corrected chi connectivity index (χ1v) is 11.3. The van der Waals surface area contributed by atoms with Crippen LogP contribution in [0.2, 0.25) is 10.0 Å². The minimum atomic E-state index is -0.545. The van der Waals surface area contributed by atoms with Crippen LogP contribution in [0.1, 0.15) is 23.2 Å². The Bertz CT molecular complexity index is 1040. The van der Waals surface area contributed by atoms with Crippen LogP contribution >= 0.6 is 23.2 Å². The number of ether oxygens (including phenoxy) is 2. The maximum atomic E-state index is 13.6. The molecule has 0 aromatic heterocycles. The second-order valence-corrected chi connectivity index (χ2v) is 9.06. The molecule has 4 rings (SSSR count). The summed E-state index contributed by atoms with van der Waals surface area (Å²) in [6.45, 7) is -0.174. The van der Waals surface area contributed by atoms with Gasteiger partial charge in [0.15, 0.2) is 5.78 Å². The molecule has 2 aliphatic rings. The molecule has 33 heavy (non-hydrogen) atoms. The van der Waals surface area contributed by atoms with Gasteiger partial charge in [-0.1, -0.05) is 23.2 Å². The van der Waals surface area contributed by atoms with Crippen molar-refractivity contribution in [2.75, 3.05) is 25.7 Å². The van der Waals surface area contributed by atoms with Gasteiger partial charge in [-0.2, -0.15) is 0 Å². The molecular formula is C24H24Cl2N2O5. The number of benzene rings is 2. The standard InChI is InChI=1S/C24H24Cl2N2O5/c1-32-21-11-18-19(12-22(21)33-2)27(13-20(29)14-3-5-15(25)6-4-14)24(31)28(23(18)30)17-9-7-16(26)8-10-17/h3-10,18-19,21-22H,11-13H2,1-2H3. The van der Waals surface area contributed by atoms with Crippen LogP contribution in [0.5, 0.6) is 0 Å². The fourth-order valence-electron chi connectivity index (χ4n) is 4.64. The van der Waals surface area contributed by atoms with E-state index in [1.165, 1.54) is 4.90 Å². The quantitative estimate of drug-likeness (QED) is 0.558. The highest BCUT2D eigenvalue weighted by atomic mass is 35.5. The number of amides is 3. The molecule has 3 amide bonds. The normalized spacial score (nSPS) is 25.2. The van der Waals surface area contributed by atoms with Crippen molar-refractivity contribution in [2.45, 2.75) is 31.1 Å². The van der Waals surface area contributed by atoms with Crippen molar-refractivity contribution < 1.29 is 23.9 Å². The third-order valence-corrected chi connectivity index (χ3v) is 6.89. The van der Waals surface area contributed by atoms with E-state index in [9.17, 15) is 14.4 Å². The highest BCUT2D eigenvalue weighted by molar-refractivity contribution is 6.31. The van der Waals surface area contributed by atoms with Gasteiger partial charge in [0.05, 0.1) is 30.4 Å². The summed E-state index contributed by atoms with van der Waals surface area (Å²) in [4.78, 5) is 42.8. The molecule has 0 N–H and O–H groups in total. The number of Topliss-reactive ketones (excluding diaryl/α,β-unsaturated/α-hetero) is 1. The monoisotopic (exact) mass is 490 g/mol. The van der Waals surface area contributed by atoms with E-state index in [1.807, 2.05) is 0 Å². The summed E-state index contributed by atoms with van der Waals surface area (Å²) >= 11 is 11.9. The van der Waals surface area contributed by atoms with Gasteiger partial charge in [0, 0.05) is 35.9 Å². The molecule has 0 radical (unpaired) electrons. The van der Waals surface area contributed by atoms with E-state index in [-0.39, 0.29) is 30.4 Å². The minimum absolute atomic E-state index is 0.174. The first-order chi connectivity index (χ1) is 15.8. The number of halogens is 2. The second-order valence-electron chi connectivity index (χ2n) is 8.18. The third kappa shape index (κ3) is 4.64. The summed E-state index contributed by atoms with van der Waals surface area (Å²) in [5, 5.41) is 1.00. The number of carbonyl (C=O) groups excluding carboxylic acids is 3. The molecule has 7 nitrogen and oxygen atoms in total. The Morgan fingerprint density at radius 2 is 1.45 bits per heavy atom. The number of nitrogens with zero attached hydrogens (tertiary/aromatic N) is 2. The van der Waals surface area contributed by atoms with Crippen molar-refractivity contribution >= 4 is 46.6 Å². The molecule has 4 atom stereocenters. The molecule has 0 spiro atoms. The molecule has 1 saturated carbocycles. The van der Waals surface area contributed by atoms with Crippen molar-refractivity contribution in [1.29, 1.82) is 0 Å².